The molecule has 2 N–H and O–H groups in total. The molecule has 0 aromatic heterocycles. The molecule has 0 aliphatic carbocycles. The first-order valence-electron chi connectivity index (χ1n) is 5.68. The quantitative estimate of drug-likeness (QED) is 0.744. The van der Waals surface area contributed by atoms with Crippen molar-refractivity contribution in [2.45, 2.75) is 45.6 Å². The molecule has 14 heavy (non-hydrogen) atoms. The van der Waals surface area contributed by atoms with E-state index >= 15 is 0 Å². The molecule has 1 fully saturated rings. The lowest BCUT2D eigenvalue weighted by Crippen LogP contribution is -2.49. The first-order chi connectivity index (χ1) is 6.69. The molecule has 1 aliphatic heterocycles. The lowest BCUT2D eigenvalue weighted by Gasteiger charge is -2.38. The third-order valence-corrected chi connectivity index (χ3v) is 3.03. The van der Waals surface area contributed by atoms with Gasteiger partial charge in [-0.15, -0.1) is 0 Å². The molecular formula is C11H22N2O. The summed E-state index contributed by atoms with van der Waals surface area (Å²) in [4.78, 5) is 13.7. The maximum absolute atomic E-state index is 11.7. The van der Waals surface area contributed by atoms with Crippen LogP contribution in [0.15, 0.2) is 0 Å². The van der Waals surface area contributed by atoms with Gasteiger partial charge in [0.25, 0.3) is 0 Å². The van der Waals surface area contributed by atoms with Gasteiger partial charge in [0, 0.05) is 25.6 Å². The zero-order valence-electron chi connectivity index (χ0n) is 9.33. The molecule has 82 valence electrons. The highest BCUT2D eigenvalue weighted by Crippen LogP contribution is 2.22. The Balaban J connectivity index is 2.53. The third-order valence-electron chi connectivity index (χ3n) is 3.03. The summed E-state index contributed by atoms with van der Waals surface area (Å²) in [5, 5.41) is 0. The number of carbonyl (C=O) groups excluding carboxylic acids is 1. The largest absolute Gasteiger partial charge is 0.338 e. The summed E-state index contributed by atoms with van der Waals surface area (Å²) in [7, 11) is 0. The minimum atomic E-state index is 0.287. The second kappa shape index (κ2) is 5.35. The molecule has 0 aromatic carbocycles. The second-order valence-electron chi connectivity index (χ2n) is 4.36. The van der Waals surface area contributed by atoms with Gasteiger partial charge in [0.05, 0.1) is 0 Å². The lowest BCUT2D eigenvalue weighted by molar-refractivity contribution is -0.135. The molecule has 1 aliphatic rings. The van der Waals surface area contributed by atoms with Gasteiger partial charge in [0.1, 0.15) is 0 Å². The molecule has 1 saturated heterocycles. The maximum atomic E-state index is 11.7. The van der Waals surface area contributed by atoms with Gasteiger partial charge >= 0.3 is 0 Å². The van der Waals surface area contributed by atoms with Gasteiger partial charge in [-0.3, -0.25) is 4.79 Å². The molecule has 0 bridgehead atoms. The molecule has 2 atom stereocenters. The van der Waals surface area contributed by atoms with Crippen LogP contribution in [0, 0.1) is 5.92 Å². The van der Waals surface area contributed by atoms with Crippen LogP contribution in [0.5, 0.6) is 0 Å². The summed E-state index contributed by atoms with van der Waals surface area (Å²) in [6.45, 7) is 5.80. The number of likely N-dealkylation sites (tertiary alicyclic amines) is 1. The van der Waals surface area contributed by atoms with Crippen LogP contribution >= 0.6 is 0 Å². The van der Waals surface area contributed by atoms with Crippen molar-refractivity contribution >= 4 is 5.91 Å². The summed E-state index contributed by atoms with van der Waals surface area (Å²) >= 11 is 0. The number of hydrogen-bond acceptors (Lipinski definition) is 2. The third kappa shape index (κ3) is 2.71. The smallest absolute Gasteiger partial charge is 0.222 e. The van der Waals surface area contributed by atoms with Crippen molar-refractivity contribution in [2.75, 3.05) is 13.1 Å². The van der Waals surface area contributed by atoms with Gasteiger partial charge in [0.15, 0.2) is 0 Å². The van der Waals surface area contributed by atoms with E-state index in [1.807, 2.05) is 11.8 Å². The van der Waals surface area contributed by atoms with E-state index in [1.54, 1.807) is 0 Å². The van der Waals surface area contributed by atoms with Crippen LogP contribution < -0.4 is 5.73 Å². The number of nitrogens with two attached hydrogens (primary N) is 1. The van der Waals surface area contributed by atoms with E-state index in [2.05, 4.69) is 6.92 Å². The van der Waals surface area contributed by atoms with Crippen LogP contribution in [0.25, 0.3) is 0 Å². The Morgan fingerprint density at radius 3 is 2.86 bits per heavy atom. The molecule has 3 heteroatoms. The summed E-state index contributed by atoms with van der Waals surface area (Å²) in [6, 6.07) is 0.290. The molecule has 3 nitrogen and oxygen atoms in total. The Bertz CT molecular complexity index is 194. The molecule has 0 saturated carbocycles. The lowest BCUT2D eigenvalue weighted by atomic mass is 9.92. The van der Waals surface area contributed by atoms with Gasteiger partial charge in [-0.1, -0.05) is 13.8 Å². The fourth-order valence-corrected chi connectivity index (χ4v) is 2.16. The van der Waals surface area contributed by atoms with Gasteiger partial charge in [-0.05, 0) is 25.2 Å². The zero-order valence-corrected chi connectivity index (χ0v) is 9.33. The van der Waals surface area contributed by atoms with E-state index in [-0.39, 0.29) is 11.9 Å². The van der Waals surface area contributed by atoms with E-state index in [4.69, 9.17) is 5.73 Å². The van der Waals surface area contributed by atoms with Crippen LogP contribution in [0.1, 0.15) is 39.5 Å². The van der Waals surface area contributed by atoms with E-state index in [0.29, 0.717) is 18.9 Å². The van der Waals surface area contributed by atoms with Gasteiger partial charge in [-0.25, -0.2) is 0 Å². The molecule has 1 rings (SSSR count). The number of nitrogens with zero attached hydrogens (tertiary/aromatic N) is 1. The first-order valence-corrected chi connectivity index (χ1v) is 5.68. The number of hydrogen-bond donors (Lipinski definition) is 1. The number of carbonyl (C=O) groups is 1. The van der Waals surface area contributed by atoms with Crippen molar-refractivity contribution in [1.29, 1.82) is 0 Å². The van der Waals surface area contributed by atoms with E-state index in [0.717, 1.165) is 25.8 Å². The molecule has 2 unspecified atom stereocenters. The maximum Gasteiger partial charge on any atom is 0.222 e. The van der Waals surface area contributed by atoms with Crippen molar-refractivity contribution in [3.05, 3.63) is 0 Å². The Kier molecular flexibility index (Phi) is 4.39. The van der Waals surface area contributed by atoms with Gasteiger partial charge in [-0.2, -0.15) is 0 Å². The van der Waals surface area contributed by atoms with Crippen LogP contribution in [0.3, 0.4) is 0 Å². The predicted molar refractivity (Wildman–Crippen MR) is 57.9 cm³/mol. The van der Waals surface area contributed by atoms with Crippen LogP contribution in [-0.4, -0.2) is 29.9 Å². The summed E-state index contributed by atoms with van der Waals surface area (Å²) in [5.41, 5.74) is 5.70. The molecule has 1 heterocycles. The molecule has 1 amide bonds. The first kappa shape index (κ1) is 11.5. The average molecular weight is 198 g/mol. The fraction of sp³-hybridized carbons (Fsp3) is 0.909. The summed E-state index contributed by atoms with van der Waals surface area (Å²) in [6.07, 6.45) is 3.81. The Labute approximate surface area is 86.6 Å². The standard InChI is InChI=1S/C11H22N2O/c1-3-4-11(14)13-6-5-9(2)7-10(13)8-12/h9-10H,3-8,12H2,1-2H3. The van der Waals surface area contributed by atoms with E-state index in [1.165, 1.54) is 0 Å². The fourth-order valence-electron chi connectivity index (χ4n) is 2.16. The minimum absolute atomic E-state index is 0.287. The molecule has 0 radical (unpaired) electrons. The Morgan fingerprint density at radius 1 is 1.57 bits per heavy atom. The predicted octanol–water partition coefficient (Wildman–Crippen LogP) is 1.37. The van der Waals surface area contributed by atoms with Gasteiger partial charge in [0.2, 0.25) is 5.91 Å². The highest BCUT2D eigenvalue weighted by Gasteiger charge is 2.27. The van der Waals surface area contributed by atoms with Crippen LogP contribution in [-0.2, 0) is 4.79 Å². The normalized spacial score (nSPS) is 27.8. The van der Waals surface area contributed by atoms with Crippen molar-refractivity contribution in [2.24, 2.45) is 11.7 Å². The Morgan fingerprint density at radius 2 is 2.29 bits per heavy atom. The van der Waals surface area contributed by atoms with Crippen molar-refractivity contribution in [3.63, 3.8) is 0 Å². The van der Waals surface area contributed by atoms with Crippen LogP contribution in [0.4, 0.5) is 0 Å². The van der Waals surface area contributed by atoms with Crippen molar-refractivity contribution in [3.8, 4) is 0 Å². The number of amides is 1. The van der Waals surface area contributed by atoms with Crippen LogP contribution in [0.2, 0.25) is 0 Å². The second-order valence-corrected chi connectivity index (χ2v) is 4.36. The molecular weight excluding hydrogens is 176 g/mol. The summed E-state index contributed by atoms with van der Waals surface area (Å²) < 4.78 is 0. The summed E-state index contributed by atoms with van der Waals surface area (Å²) in [5.74, 6) is 1.00. The Hall–Kier alpha value is -0.570. The average Bonchev–Trinajstić information content (AvgIpc) is 2.17. The zero-order chi connectivity index (χ0) is 10.6. The van der Waals surface area contributed by atoms with Crippen molar-refractivity contribution in [1.82, 2.24) is 4.90 Å². The van der Waals surface area contributed by atoms with Gasteiger partial charge < -0.3 is 10.6 Å². The number of rotatable bonds is 3. The van der Waals surface area contributed by atoms with E-state index in [9.17, 15) is 4.79 Å². The SMILES string of the molecule is CCCC(=O)N1CCC(C)CC1CN. The highest BCUT2D eigenvalue weighted by molar-refractivity contribution is 5.76. The minimum Gasteiger partial charge on any atom is -0.338 e. The number of piperidine rings is 1. The molecule has 0 spiro atoms. The van der Waals surface area contributed by atoms with E-state index < -0.39 is 0 Å². The molecule has 0 aromatic rings. The van der Waals surface area contributed by atoms with Crippen molar-refractivity contribution < 1.29 is 4.79 Å². The monoisotopic (exact) mass is 198 g/mol. The highest BCUT2D eigenvalue weighted by atomic mass is 16.2. The topological polar surface area (TPSA) is 46.3 Å².